The Hall–Kier alpha value is -1.49. The third kappa shape index (κ3) is 5.08. The first-order chi connectivity index (χ1) is 10.2. The van der Waals surface area contributed by atoms with Crippen molar-refractivity contribution < 1.29 is 9.59 Å². The number of fused-ring (bicyclic) bond motifs is 1. The van der Waals surface area contributed by atoms with E-state index in [1.54, 1.807) is 0 Å². The van der Waals surface area contributed by atoms with Gasteiger partial charge in [-0.1, -0.05) is 24.3 Å². The highest BCUT2D eigenvalue weighted by atomic mass is 32.2. The first kappa shape index (κ1) is 15.9. The van der Waals surface area contributed by atoms with Crippen molar-refractivity contribution in [1.82, 2.24) is 5.32 Å². The summed E-state index contributed by atoms with van der Waals surface area (Å²) in [6.45, 7) is 0.705. The molecule has 1 aromatic rings. The van der Waals surface area contributed by atoms with Crippen molar-refractivity contribution in [3.8, 4) is 0 Å². The normalized spacial score (nSPS) is 17.0. The molecule has 1 aliphatic rings. The minimum absolute atomic E-state index is 0.0509. The molecule has 1 atom stereocenters. The molecule has 0 spiro atoms. The Morgan fingerprint density at radius 1 is 1.33 bits per heavy atom. The van der Waals surface area contributed by atoms with Crippen LogP contribution in [0.3, 0.4) is 0 Å². The second kappa shape index (κ2) is 8.08. The summed E-state index contributed by atoms with van der Waals surface area (Å²) in [5, 5.41) is 3.01. The third-order valence-corrected chi connectivity index (χ3v) is 4.74. The lowest BCUT2D eigenvalue weighted by Gasteiger charge is -2.25. The van der Waals surface area contributed by atoms with Gasteiger partial charge in [0.15, 0.2) is 0 Å². The Kier molecular flexibility index (Phi) is 6.11. The van der Waals surface area contributed by atoms with E-state index in [4.69, 9.17) is 5.73 Å². The van der Waals surface area contributed by atoms with Crippen LogP contribution in [0, 0.1) is 0 Å². The van der Waals surface area contributed by atoms with Crippen molar-refractivity contribution in [2.75, 3.05) is 18.1 Å². The van der Waals surface area contributed by atoms with Crippen molar-refractivity contribution in [2.45, 2.75) is 31.6 Å². The first-order valence-electron chi connectivity index (χ1n) is 7.37. The van der Waals surface area contributed by atoms with Crippen LogP contribution in [0.25, 0.3) is 0 Å². The molecular weight excluding hydrogens is 284 g/mol. The number of hydrogen-bond acceptors (Lipinski definition) is 3. The number of nitrogens with one attached hydrogen (secondary N) is 1. The quantitative estimate of drug-likeness (QED) is 0.755. The second-order valence-electron chi connectivity index (χ2n) is 5.36. The summed E-state index contributed by atoms with van der Waals surface area (Å²) in [5.41, 5.74) is 7.85. The molecule has 114 valence electrons. The average Bonchev–Trinajstić information content (AvgIpc) is 2.49. The maximum atomic E-state index is 11.8. The van der Waals surface area contributed by atoms with Crippen molar-refractivity contribution >= 4 is 23.6 Å². The highest BCUT2D eigenvalue weighted by Gasteiger charge is 2.19. The average molecular weight is 306 g/mol. The summed E-state index contributed by atoms with van der Waals surface area (Å²) in [6.07, 6.45) is 3.90. The predicted octanol–water partition coefficient (Wildman–Crippen LogP) is 1.83. The topological polar surface area (TPSA) is 72.2 Å². The smallest absolute Gasteiger partial charge is 0.227 e. The highest BCUT2D eigenvalue weighted by molar-refractivity contribution is 7.99. The first-order valence-corrected chi connectivity index (χ1v) is 8.53. The van der Waals surface area contributed by atoms with Crippen molar-refractivity contribution in [2.24, 2.45) is 5.73 Å². The van der Waals surface area contributed by atoms with E-state index in [0.717, 1.165) is 12.8 Å². The lowest BCUT2D eigenvalue weighted by atomic mass is 9.83. The number of carbonyl (C=O) groups is 2. The molecule has 2 amide bonds. The summed E-state index contributed by atoms with van der Waals surface area (Å²) < 4.78 is 0. The predicted molar refractivity (Wildman–Crippen MR) is 86.3 cm³/mol. The van der Waals surface area contributed by atoms with Gasteiger partial charge >= 0.3 is 0 Å². The molecule has 21 heavy (non-hydrogen) atoms. The number of carbonyl (C=O) groups excluding carboxylic acids is 2. The zero-order valence-electron chi connectivity index (χ0n) is 12.1. The van der Waals surface area contributed by atoms with Gasteiger partial charge < -0.3 is 11.1 Å². The summed E-state index contributed by atoms with van der Waals surface area (Å²) in [5.74, 6) is 1.06. The maximum Gasteiger partial charge on any atom is 0.227 e. The van der Waals surface area contributed by atoms with Gasteiger partial charge in [-0.25, -0.2) is 0 Å². The zero-order chi connectivity index (χ0) is 15.1. The van der Waals surface area contributed by atoms with Gasteiger partial charge in [0.1, 0.15) is 0 Å². The molecule has 0 saturated heterocycles. The van der Waals surface area contributed by atoms with Crippen LogP contribution in [0.2, 0.25) is 0 Å². The Labute approximate surface area is 129 Å². The molecule has 0 aliphatic heterocycles. The SMILES string of the molecule is NC(=O)CSCCC(=O)NCC1CCCc2ccccc21. The molecule has 2 rings (SSSR count). The minimum atomic E-state index is -0.334. The fourth-order valence-corrected chi connectivity index (χ4v) is 3.40. The van der Waals surface area contributed by atoms with E-state index in [-0.39, 0.29) is 17.6 Å². The van der Waals surface area contributed by atoms with Crippen LogP contribution >= 0.6 is 11.8 Å². The van der Waals surface area contributed by atoms with Crippen LogP contribution in [-0.2, 0) is 16.0 Å². The Morgan fingerprint density at radius 2 is 2.14 bits per heavy atom. The lowest BCUT2D eigenvalue weighted by Crippen LogP contribution is -2.30. The van der Waals surface area contributed by atoms with Gasteiger partial charge in [-0.15, -0.1) is 0 Å². The van der Waals surface area contributed by atoms with Crippen LogP contribution in [0.1, 0.15) is 36.3 Å². The van der Waals surface area contributed by atoms with Gasteiger partial charge in [-0.05, 0) is 30.4 Å². The highest BCUT2D eigenvalue weighted by Crippen LogP contribution is 2.30. The van der Waals surface area contributed by atoms with Crippen LogP contribution in [0.5, 0.6) is 0 Å². The number of benzene rings is 1. The summed E-state index contributed by atoms with van der Waals surface area (Å²) in [6, 6.07) is 8.51. The van der Waals surface area contributed by atoms with Crippen LogP contribution in [0.15, 0.2) is 24.3 Å². The van der Waals surface area contributed by atoms with E-state index in [9.17, 15) is 9.59 Å². The molecule has 1 aromatic carbocycles. The Morgan fingerprint density at radius 3 is 2.95 bits per heavy atom. The molecule has 0 bridgehead atoms. The van der Waals surface area contributed by atoms with E-state index in [1.807, 2.05) is 0 Å². The summed E-state index contributed by atoms with van der Waals surface area (Å²) in [7, 11) is 0. The Bertz CT molecular complexity index is 505. The number of rotatable bonds is 7. The van der Waals surface area contributed by atoms with Gasteiger partial charge in [-0.3, -0.25) is 9.59 Å². The van der Waals surface area contributed by atoms with E-state index in [0.29, 0.717) is 24.6 Å². The summed E-state index contributed by atoms with van der Waals surface area (Å²) >= 11 is 1.40. The third-order valence-electron chi connectivity index (χ3n) is 3.76. The maximum absolute atomic E-state index is 11.8. The van der Waals surface area contributed by atoms with Gasteiger partial charge in [0.05, 0.1) is 5.75 Å². The number of hydrogen-bond donors (Lipinski definition) is 2. The number of amides is 2. The molecule has 1 aliphatic carbocycles. The summed E-state index contributed by atoms with van der Waals surface area (Å²) in [4.78, 5) is 22.4. The number of nitrogens with two attached hydrogens (primary N) is 1. The van der Waals surface area contributed by atoms with Gasteiger partial charge in [0, 0.05) is 24.6 Å². The fourth-order valence-electron chi connectivity index (χ4n) is 2.73. The minimum Gasteiger partial charge on any atom is -0.369 e. The lowest BCUT2D eigenvalue weighted by molar-refractivity contribution is -0.120. The van der Waals surface area contributed by atoms with E-state index < -0.39 is 0 Å². The van der Waals surface area contributed by atoms with E-state index >= 15 is 0 Å². The number of thioether (sulfide) groups is 1. The van der Waals surface area contributed by atoms with Crippen LogP contribution in [0.4, 0.5) is 0 Å². The van der Waals surface area contributed by atoms with Crippen LogP contribution in [-0.4, -0.2) is 29.9 Å². The van der Waals surface area contributed by atoms with Gasteiger partial charge in [0.25, 0.3) is 0 Å². The molecule has 4 nitrogen and oxygen atoms in total. The molecule has 0 fully saturated rings. The molecule has 0 saturated carbocycles. The van der Waals surface area contributed by atoms with E-state index in [1.165, 1.54) is 29.3 Å². The molecule has 0 aromatic heterocycles. The molecule has 5 heteroatoms. The number of primary amides is 1. The number of aryl methyl sites for hydroxylation is 1. The largest absolute Gasteiger partial charge is 0.369 e. The van der Waals surface area contributed by atoms with Crippen molar-refractivity contribution in [3.63, 3.8) is 0 Å². The van der Waals surface area contributed by atoms with Gasteiger partial charge in [-0.2, -0.15) is 11.8 Å². The zero-order valence-corrected chi connectivity index (χ0v) is 13.0. The molecule has 1 unspecified atom stereocenters. The molecular formula is C16H22N2O2S. The standard InChI is InChI=1S/C16H22N2O2S/c17-15(19)11-21-9-8-16(20)18-10-13-6-3-5-12-4-1-2-7-14(12)13/h1-2,4,7,13H,3,5-6,8-11H2,(H2,17,19)(H,18,20). The monoisotopic (exact) mass is 306 g/mol. The van der Waals surface area contributed by atoms with Gasteiger partial charge in [0.2, 0.25) is 11.8 Å². The van der Waals surface area contributed by atoms with Crippen molar-refractivity contribution in [1.29, 1.82) is 0 Å². The molecule has 3 N–H and O–H groups in total. The van der Waals surface area contributed by atoms with E-state index in [2.05, 4.69) is 29.6 Å². The molecule has 0 radical (unpaired) electrons. The molecule has 0 heterocycles. The van der Waals surface area contributed by atoms with Crippen molar-refractivity contribution in [3.05, 3.63) is 35.4 Å². The second-order valence-corrected chi connectivity index (χ2v) is 6.47. The van der Waals surface area contributed by atoms with Crippen LogP contribution < -0.4 is 11.1 Å². The fraction of sp³-hybridized carbons (Fsp3) is 0.500. The Balaban J connectivity index is 1.74.